The first-order chi connectivity index (χ1) is 11.9. The van der Waals surface area contributed by atoms with Crippen LogP contribution in [0, 0.1) is 13.8 Å². The van der Waals surface area contributed by atoms with Gasteiger partial charge in [-0.05, 0) is 44.0 Å². The second-order valence-corrected chi connectivity index (χ2v) is 5.44. The number of aryl methyl sites for hydroxylation is 2. The number of benzene rings is 2. The molecule has 0 radical (unpaired) electrons. The van der Waals surface area contributed by atoms with E-state index in [0.717, 1.165) is 11.1 Å². The monoisotopic (exact) mass is 340 g/mol. The molecule has 0 spiro atoms. The molecule has 2 aromatic rings. The van der Waals surface area contributed by atoms with Crippen LogP contribution in [0.25, 0.3) is 0 Å². The van der Waals surface area contributed by atoms with Gasteiger partial charge in [-0.25, -0.2) is 4.79 Å². The zero-order valence-electron chi connectivity index (χ0n) is 14.4. The van der Waals surface area contributed by atoms with E-state index in [9.17, 15) is 14.4 Å². The number of rotatable bonds is 4. The average Bonchev–Trinajstić information content (AvgIpc) is 2.58. The molecular weight excluding hydrogens is 320 g/mol. The SMILES string of the molecule is CCOC(=O)c1ccccc1NC(=O)C(=O)Nc1c(C)cccc1C. The van der Waals surface area contributed by atoms with Crippen molar-refractivity contribution in [2.75, 3.05) is 17.2 Å². The van der Waals surface area contributed by atoms with E-state index in [-0.39, 0.29) is 17.9 Å². The highest BCUT2D eigenvalue weighted by Crippen LogP contribution is 2.20. The fourth-order valence-electron chi connectivity index (χ4n) is 2.34. The maximum atomic E-state index is 12.2. The van der Waals surface area contributed by atoms with Crippen molar-refractivity contribution in [2.45, 2.75) is 20.8 Å². The van der Waals surface area contributed by atoms with Gasteiger partial charge in [-0.3, -0.25) is 9.59 Å². The van der Waals surface area contributed by atoms with E-state index in [2.05, 4.69) is 10.6 Å². The summed E-state index contributed by atoms with van der Waals surface area (Å²) in [6.45, 7) is 5.60. The molecule has 130 valence electrons. The quantitative estimate of drug-likeness (QED) is 0.662. The van der Waals surface area contributed by atoms with E-state index in [4.69, 9.17) is 4.74 Å². The van der Waals surface area contributed by atoms with E-state index < -0.39 is 17.8 Å². The van der Waals surface area contributed by atoms with Gasteiger partial charge in [0.05, 0.1) is 17.9 Å². The number of amides is 2. The van der Waals surface area contributed by atoms with Crippen LogP contribution in [0.1, 0.15) is 28.4 Å². The summed E-state index contributed by atoms with van der Waals surface area (Å²) >= 11 is 0. The Labute approximate surface area is 146 Å². The molecule has 2 amide bonds. The summed E-state index contributed by atoms with van der Waals surface area (Å²) in [4.78, 5) is 36.3. The third-order valence-electron chi connectivity index (χ3n) is 3.60. The first kappa shape index (κ1) is 18.2. The van der Waals surface area contributed by atoms with Crippen LogP contribution in [0.2, 0.25) is 0 Å². The molecule has 0 heterocycles. The van der Waals surface area contributed by atoms with Crippen molar-refractivity contribution in [3.05, 3.63) is 59.2 Å². The Morgan fingerprint density at radius 2 is 1.48 bits per heavy atom. The number of anilines is 2. The Morgan fingerprint density at radius 1 is 0.880 bits per heavy atom. The summed E-state index contributed by atoms with van der Waals surface area (Å²) in [5.41, 5.74) is 2.72. The van der Waals surface area contributed by atoms with Gasteiger partial charge in [0, 0.05) is 5.69 Å². The highest BCUT2D eigenvalue weighted by Gasteiger charge is 2.19. The van der Waals surface area contributed by atoms with E-state index >= 15 is 0 Å². The largest absolute Gasteiger partial charge is 0.462 e. The fraction of sp³-hybridized carbons (Fsp3) is 0.211. The number of hydrogen-bond donors (Lipinski definition) is 2. The lowest BCUT2D eigenvalue weighted by Gasteiger charge is -2.12. The van der Waals surface area contributed by atoms with Crippen molar-refractivity contribution in [1.82, 2.24) is 0 Å². The number of ether oxygens (including phenoxy) is 1. The Morgan fingerprint density at radius 3 is 2.12 bits per heavy atom. The molecule has 0 unspecified atom stereocenters. The number of carbonyl (C=O) groups is 3. The number of hydrogen-bond acceptors (Lipinski definition) is 4. The molecule has 2 N–H and O–H groups in total. The standard InChI is InChI=1S/C19H20N2O4/c1-4-25-19(24)14-10-5-6-11-15(14)20-17(22)18(23)21-16-12(2)8-7-9-13(16)3/h5-11H,4H2,1-3H3,(H,20,22)(H,21,23). The minimum atomic E-state index is -0.862. The molecule has 0 saturated heterocycles. The Hall–Kier alpha value is -3.15. The normalized spacial score (nSPS) is 10.0. The predicted octanol–water partition coefficient (Wildman–Crippen LogP) is 3.06. The van der Waals surface area contributed by atoms with Crippen molar-refractivity contribution >= 4 is 29.2 Å². The molecule has 2 rings (SSSR count). The molecule has 0 aliphatic carbocycles. The number of para-hydroxylation sites is 2. The molecule has 0 bridgehead atoms. The molecule has 0 saturated carbocycles. The van der Waals surface area contributed by atoms with Crippen molar-refractivity contribution in [3.63, 3.8) is 0 Å². The van der Waals surface area contributed by atoms with Gasteiger partial charge >= 0.3 is 17.8 Å². The Bertz CT molecular complexity index is 795. The second-order valence-electron chi connectivity index (χ2n) is 5.44. The summed E-state index contributed by atoms with van der Waals surface area (Å²) in [5.74, 6) is -2.23. The van der Waals surface area contributed by atoms with Gasteiger partial charge in [0.25, 0.3) is 0 Å². The molecular formula is C19H20N2O4. The van der Waals surface area contributed by atoms with Gasteiger partial charge in [0.15, 0.2) is 0 Å². The minimum absolute atomic E-state index is 0.192. The summed E-state index contributed by atoms with van der Waals surface area (Å²) in [5, 5.41) is 5.06. The molecule has 2 aromatic carbocycles. The van der Waals surface area contributed by atoms with E-state index in [1.807, 2.05) is 32.0 Å². The summed E-state index contributed by atoms with van der Waals surface area (Å²) in [7, 11) is 0. The molecule has 0 aromatic heterocycles. The average molecular weight is 340 g/mol. The second kappa shape index (κ2) is 8.10. The van der Waals surface area contributed by atoms with Crippen molar-refractivity contribution in [3.8, 4) is 0 Å². The first-order valence-electron chi connectivity index (χ1n) is 7.88. The third-order valence-corrected chi connectivity index (χ3v) is 3.60. The van der Waals surface area contributed by atoms with Gasteiger partial charge in [0.2, 0.25) is 0 Å². The smallest absolute Gasteiger partial charge is 0.340 e. The lowest BCUT2D eigenvalue weighted by Crippen LogP contribution is -2.30. The molecule has 0 atom stereocenters. The molecule has 25 heavy (non-hydrogen) atoms. The molecule has 6 heteroatoms. The topological polar surface area (TPSA) is 84.5 Å². The van der Waals surface area contributed by atoms with Gasteiger partial charge in [0.1, 0.15) is 0 Å². The Balaban J connectivity index is 2.15. The summed E-state index contributed by atoms with van der Waals surface area (Å²) in [6.07, 6.45) is 0. The maximum absolute atomic E-state index is 12.2. The molecule has 0 fully saturated rings. The minimum Gasteiger partial charge on any atom is -0.462 e. The van der Waals surface area contributed by atoms with Crippen LogP contribution >= 0.6 is 0 Å². The van der Waals surface area contributed by atoms with E-state index in [1.54, 1.807) is 19.1 Å². The van der Waals surface area contributed by atoms with Gasteiger partial charge < -0.3 is 15.4 Å². The van der Waals surface area contributed by atoms with Crippen molar-refractivity contribution < 1.29 is 19.1 Å². The number of nitrogens with one attached hydrogen (secondary N) is 2. The van der Waals surface area contributed by atoms with Crippen LogP contribution in [-0.2, 0) is 14.3 Å². The number of esters is 1. The van der Waals surface area contributed by atoms with E-state index in [0.29, 0.717) is 5.69 Å². The molecule has 6 nitrogen and oxygen atoms in total. The van der Waals surface area contributed by atoms with Crippen molar-refractivity contribution in [1.29, 1.82) is 0 Å². The van der Waals surface area contributed by atoms with Gasteiger partial charge in [-0.2, -0.15) is 0 Å². The lowest BCUT2D eigenvalue weighted by molar-refractivity contribution is -0.133. The van der Waals surface area contributed by atoms with E-state index in [1.165, 1.54) is 12.1 Å². The van der Waals surface area contributed by atoms with Crippen LogP contribution in [-0.4, -0.2) is 24.4 Å². The fourth-order valence-corrected chi connectivity index (χ4v) is 2.34. The highest BCUT2D eigenvalue weighted by atomic mass is 16.5. The van der Waals surface area contributed by atoms with Crippen LogP contribution in [0.5, 0.6) is 0 Å². The number of carbonyl (C=O) groups excluding carboxylic acids is 3. The van der Waals surface area contributed by atoms with Crippen LogP contribution < -0.4 is 10.6 Å². The predicted molar refractivity (Wildman–Crippen MR) is 95.6 cm³/mol. The summed E-state index contributed by atoms with van der Waals surface area (Å²) < 4.78 is 4.95. The maximum Gasteiger partial charge on any atom is 0.340 e. The van der Waals surface area contributed by atoms with Gasteiger partial charge in [-0.1, -0.05) is 30.3 Å². The zero-order valence-corrected chi connectivity index (χ0v) is 14.4. The van der Waals surface area contributed by atoms with Crippen LogP contribution in [0.3, 0.4) is 0 Å². The Kier molecular flexibility index (Phi) is 5.89. The highest BCUT2D eigenvalue weighted by molar-refractivity contribution is 6.44. The van der Waals surface area contributed by atoms with Crippen LogP contribution in [0.4, 0.5) is 11.4 Å². The van der Waals surface area contributed by atoms with Crippen molar-refractivity contribution in [2.24, 2.45) is 0 Å². The lowest BCUT2D eigenvalue weighted by atomic mass is 10.1. The molecule has 0 aliphatic rings. The summed E-state index contributed by atoms with van der Waals surface area (Å²) in [6, 6.07) is 11.9. The molecule has 0 aliphatic heterocycles. The third kappa shape index (κ3) is 4.44. The van der Waals surface area contributed by atoms with Crippen LogP contribution in [0.15, 0.2) is 42.5 Å². The first-order valence-corrected chi connectivity index (χ1v) is 7.88. The zero-order chi connectivity index (χ0) is 18.4. The van der Waals surface area contributed by atoms with Gasteiger partial charge in [-0.15, -0.1) is 0 Å².